The van der Waals surface area contributed by atoms with E-state index in [2.05, 4.69) is 35.8 Å². The molecule has 0 unspecified atom stereocenters. The molecule has 0 bridgehead atoms. The van der Waals surface area contributed by atoms with E-state index in [1.807, 2.05) is 0 Å². The topological polar surface area (TPSA) is 24.1 Å². The fraction of sp³-hybridized carbons (Fsp3) is 0.333. The van der Waals surface area contributed by atoms with Gasteiger partial charge < -0.3 is 10.6 Å². The van der Waals surface area contributed by atoms with Crippen LogP contribution in [0.3, 0.4) is 0 Å². The van der Waals surface area contributed by atoms with Gasteiger partial charge in [-0.05, 0) is 24.1 Å². The summed E-state index contributed by atoms with van der Waals surface area (Å²) in [5, 5.41) is 6.50. The van der Waals surface area contributed by atoms with Gasteiger partial charge in [0.2, 0.25) is 0 Å². The average molecular weight is 148 g/mol. The van der Waals surface area contributed by atoms with E-state index in [0.29, 0.717) is 0 Å². The molecule has 2 N–H and O–H groups in total. The molecule has 2 nitrogen and oxygen atoms in total. The van der Waals surface area contributed by atoms with Crippen molar-refractivity contribution >= 4 is 11.4 Å². The van der Waals surface area contributed by atoms with Crippen LogP contribution in [0.15, 0.2) is 18.2 Å². The zero-order valence-corrected chi connectivity index (χ0v) is 6.65. The molecule has 0 aromatic heterocycles. The van der Waals surface area contributed by atoms with Crippen LogP contribution in [0.25, 0.3) is 0 Å². The SMILES string of the molecule is CCc1ccc2c(c1)NCN2. The number of nitrogens with one attached hydrogen (secondary N) is 2. The van der Waals surface area contributed by atoms with Crippen molar-refractivity contribution in [2.45, 2.75) is 13.3 Å². The molecule has 0 saturated carbocycles. The molecule has 0 amide bonds. The van der Waals surface area contributed by atoms with Gasteiger partial charge in [0.25, 0.3) is 0 Å². The molecular weight excluding hydrogens is 136 g/mol. The van der Waals surface area contributed by atoms with Crippen molar-refractivity contribution in [3.05, 3.63) is 23.8 Å². The number of fused-ring (bicyclic) bond motifs is 1. The summed E-state index contributed by atoms with van der Waals surface area (Å²) < 4.78 is 0. The monoisotopic (exact) mass is 148 g/mol. The highest BCUT2D eigenvalue weighted by Gasteiger charge is 2.07. The lowest BCUT2D eigenvalue weighted by molar-refractivity contribution is 1.14. The van der Waals surface area contributed by atoms with E-state index in [4.69, 9.17) is 0 Å². The van der Waals surface area contributed by atoms with E-state index in [9.17, 15) is 0 Å². The fourth-order valence-corrected chi connectivity index (χ4v) is 1.35. The Kier molecular flexibility index (Phi) is 1.46. The predicted octanol–water partition coefficient (Wildman–Crippen LogP) is 2.04. The van der Waals surface area contributed by atoms with E-state index < -0.39 is 0 Å². The minimum Gasteiger partial charge on any atom is -0.366 e. The first kappa shape index (κ1) is 6.53. The summed E-state index contributed by atoms with van der Waals surface area (Å²) in [5.74, 6) is 0. The van der Waals surface area contributed by atoms with Crippen molar-refractivity contribution in [3.63, 3.8) is 0 Å². The van der Waals surface area contributed by atoms with Crippen LogP contribution in [0.5, 0.6) is 0 Å². The summed E-state index contributed by atoms with van der Waals surface area (Å²) in [6.45, 7) is 3.03. The van der Waals surface area contributed by atoms with Gasteiger partial charge in [-0.1, -0.05) is 13.0 Å². The normalized spacial score (nSPS) is 13.5. The molecular formula is C9H12N2. The van der Waals surface area contributed by atoms with Gasteiger partial charge in [0.15, 0.2) is 0 Å². The number of hydrogen-bond acceptors (Lipinski definition) is 2. The maximum atomic E-state index is 3.26. The van der Waals surface area contributed by atoms with Crippen molar-refractivity contribution in [2.24, 2.45) is 0 Å². The first-order chi connectivity index (χ1) is 5.40. The molecule has 58 valence electrons. The van der Waals surface area contributed by atoms with Gasteiger partial charge in [-0.3, -0.25) is 0 Å². The van der Waals surface area contributed by atoms with Crippen LogP contribution in [0.4, 0.5) is 11.4 Å². The summed E-state index contributed by atoms with van der Waals surface area (Å²) in [6, 6.07) is 6.50. The Labute approximate surface area is 66.6 Å². The van der Waals surface area contributed by atoms with E-state index in [1.54, 1.807) is 0 Å². The van der Waals surface area contributed by atoms with Gasteiger partial charge in [-0.15, -0.1) is 0 Å². The minimum absolute atomic E-state index is 0.864. The van der Waals surface area contributed by atoms with Crippen molar-refractivity contribution < 1.29 is 0 Å². The molecule has 1 aromatic rings. The summed E-state index contributed by atoms with van der Waals surface area (Å²) in [4.78, 5) is 0. The molecule has 2 rings (SSSR count). The number of hydrogen-bond donors (Lipinski definition) is 2. The number of benzene rings is 1. The Hall–Kier alpha value is -1.18. The van der Waals surface area contributed by atoms with Crippen molar-refractivity contribution in [1.82, 2.24) is 0 Å². The lowest BCUT2D eigenvalue weighted by atomic mass is 10.1. The number of aryl methyl sites for hydroxylation is 1. The molecule has 0 saturated heterocycles. The molecule has 2 heteroatoms. The van der Waals surface area contributed by atoms with Gasteiger partial charge in [0.05, 0.1) is 18.0 Å². The highest BCUT2D eigenvalue weighted by molar-refractivity contribution is 5.73. The molecule has 0 radical (unpaired) electrons. The van der Waals surface area contributed by atoms with Crippen LogP contribution in [-0.4, -0.2) is 6.67 Å². The van der Waals surface area contributed by atoms with Crippen molar-refractivity contribution in [2.75, 3.05) is 17.3 Å². The van der Waals surface area contributed by atoms with Crippen LogP contribution in [0, 0.1) is 0 Å². The second-order valence-corrected chi connectivity index (χ2v) is 2.76. The lowest BCUT2D eigenvalue weighted by Crippen LogP contribution is -1.98. The van der Waals surface area contributed by atoms with Gasteiger partial charge in [0, 0.05) is 0 Å². The first-order valence-corrected chi connectivity index (χ1v) is 4.01. The molecule has 0 atom stereocenters. The highest BCUT2D eigenvalue weighted by Crippen LogP contribution is 2.26. The van der Waals surface area contributed by atoms with Crippen LogP contribution in [0.1, 0.15) is 12.5 Å². The fourth-order valence-electron chi connectivity index (χ4n) is 1.35. The van der Waals surface area contributed by atoms with Gasteiger partial charge in [-0.25, -0.2) is 0 Å². The Balaban J connectivity index is 2.41. The summed E-state index contributed by atoms with van der Waals surface area (Å²) in [7, 11) is 0. The molecule has 0 aliphatic carbocycles. The average Bonchev–Trinajstić information content (AvgIpc) is 2.50. The summed E-state index contributed by atoms with van der Waals surface area (Å²) in [6.07, 6.45) is 1.11. The molecule has 0 fully saturated rings. The Morgan fingerprint density at radius 2 is 2.09 bits per heavy atom. The lowest BCUT2D eigenvalue weighted by Gasteiger charge is -2.00. The van der Waals surface area contributed by atoms with Crippen molar-refractivity contribution in [1.29, 1.82) is 0 Å². The number of rotatable bonds is 1. The Bertz CT molecular complexity index is 268. The summed E-state index contributed by atoms with van der Waals surface area (Å²) >= 11 is 0. The first-order valence-electron chi connectivity index (χ1n) is 4.01. The van der Waals surface area contributed by atoms with E-state index in [0.717, 1.165) is 13.1 Å². The molecule has 1 heterocycles. The third-order valence-electron chi connectivity index (χ3n) is 2.05. The molecule has 1 aliphatic heterocycles. The van der Waals surface area contributed by atoms with E-state index >= 15 is 0 Å². The van der Waals surface area contributed by atoms with E-state index in [1.165, 1.54) is 16.9 Å². The quantitative estimate of drug-likeness (QED) is 0.637. The molecule has 1 aromatic carbocycles. The van der Waals surface area contributed by atoms with Crippen LogP contribution in [0.2, 0.25) is 0 Å². The van der Waals surface area contributed by atoms with Gasteiger partial charge in [-0.2, -0.15) is 0 Å². The zero-order valence-electron chi connectivity index (χ0n) is 6.65. The standard InChI is InChI=1S/C9H12N2/c1-2-7-3-4-8-9(5-7)11-6-10-8/h3-5,10-11H,2,6H2,1H3. The zero-order chi connectivity index (χ0) is 7.68. The van der Waals surface area contributed by atoms with Gasteiger partial charge >= 0.3 is 0 Å². The molecule has 11 heavy (non-hydrogen) atoms. The molecule has 0 spiro atoms. The largest absolute Gasteiger partial charge is 0.366 e. The maximum Gasteiger partial charge on any atom is 0.0850 e. The van der Waals surface area contributed by atoms with Crippen LogP contribution < -0.4 is 10.6 Å². The number of anilines is 2. The Morgan fingerprint density at radius 3 is 2.91 bits per heavy atom. The summed E-state index contributed by atoms with van der Waals surface area (Å²) in [5.41, 5.74) is 3.85. The predicted molar refractivity (Wildman–Crippen MR) is 47.9 cm³/mol. The third kappa shape index (κ3) is 1.04. The maximum absolute atomic E-state index is 3.26. The molecule has 1 aliphatic rings. The van der Waals surface area contributed by atoms with E-state index in [-0.39, 0.29) is 0 Å². The van der Waals surface area contributed by atoms with Crippen LogP contribution in [-0.2, 0) is 6.42 Å². The minimum atomic E-state index is 0.864. The van der Waals surface area contributed by atoms with Crippen LogP contribution >= 0.6 is 0 Å². The Morgan fingerprint density at radius 1 is 1.27 bits per heavy atom. The second-order valence-electron chi connectivity index (χ2n) is 2.76. The highest BCUT2D eigenvalue weighted by atomic mass is 15.1. The van der Waals surface area contributed by atoms with Gasteiger partial charge in [0.1, 0.15) is 0 Å². The second kappa shape index (κ2) is 2.46. The van der Waals surface area contributed by atoms with Crippen molar-refractivity contribution in [3.8, 4) is 0 Å². The third-order valence-corrected chi connectivity index (χ3v) is 2.05. The smallest absolute Gasteiger partial charge is 0.0850 e.